The highest BCUT2D eigenvalue weighted by molar-refractivity contribution is 5.86. The minimum atomic E-state index is -0.413. The molecule has 3 aromatic carbocycles. The Morgan fingerprint density at radius 3 is 2.03 bits per heavy atom. The van der Waals surface area contributed by atoms with Crippen molar-refractivity contribution in [2.24, 2.45) is 5.92 Å². The molecule has 29 heavy (non-hydrogen) atoms. The highest BCUT2D eigenvalue weighted by atomic mass is 16.6. The molecule has 0 N–H and O–H groups in total. The first-order valence-electron chi connectivity index (χ1n) is 9.73. The van der Waals surface area contributed by atoms with Gasteiger partial charge in [0.1, 0.15) is 0 Å². The number of nitrogens with zero attached hydrogens (tertiary/aromatic N) is 2. The Morgan fingerprint density at radius 1 is 0.862 bits per heavy atom. The molecule has 4 rings (SSSR count). The van der Waals surface area contributed by atoms with Gasteiger partial charge in [0.05, 0.1) is 10.8 Å². The van der Waals surface area contributed by atoms with Gasteiger partial charge < -0.3 is 4.90 Å². The van der Waals surface area contributed by atoms with E-state index in [9.17, 15) is 14.9 Å². The van der Waals surface area contributed by atoms with Crippen molar-refractivity contribution >= 4 is 11.6 Å². The molecule has 1 amide bonds. The lowest BCUT2D eigenvalue weighted by atomic mass is 9.84. The number of nitro benzene ring substituents is 1. The van der Waals surface area contributed by atoms with Crippen LogP contribution in [0.3, 0.4) is 0 Å². The van der Waals surface area contributed by atoms with Crippen molar-refractivity contribution in [2.75, 3.05) is 6.54 Å². The Bertz CT molecular complexity index is 988. The number of likely N-dealkylation sites (tertiary alicyclic amines) is 1. The maximum Gasteiger partial charge on any atom is 0.269 e. The van der Waals surface area contributed by atoms with Gasteiger partial charge in [0, 0.05) is 25.2 Å². The monoisotopic (exact) mass is 386 g/mol. The molecule has 0 radical (unpaired) electrons. The molecular weight excluding hydrogens is 364 g/mol. The number of rotatable bonds is 6. The zero-order chi connectivity index (χ0) is 20.2. The highest BCUT2D eigenvalue weighted by Crippen LogP contribution is 2.37. The summed E-state index contributed by atoms with van der Waals surface area (Å²) in [6.07, 6.45) is 0.791. The summed E-state index contributed by atoms with van der Waals surface area (Å²) in [6.45, 7) is 1.25. The van der Waals surface area contributed by atoms with Crippen LogP contribution in [-0.2, 0) is 17.8 Å². The van der Waals surface area contributed by atoms with E-state index < -0.39 is 4.92 Å². The maximum absolute atomic E-state index is 13.3. The van der Waals surface area contributed by atoms with E-state index in [1.165, 1.54) is 17.7 Å². The van der Waals surface area contributed by atoms with Crippen LogP contribution in [0, 0.1) is 16.0 Å². The molecule has 0 saturated carbocycles. The van der Waals surface area contributed by atoms with Crippen molar-refractivity contribution in [3.05, 3.63) is 112 Å². The Labute approximate surface area is 169 Å². The molecule has 5 heteroatoms. The van der Waals surface area contributed by atoms with Crippen LogP contribution in [0.15, 0.2) is 84.9 Å². The van der Waals surface area contributed by atoms with Gasteiger partial charge in [0.15, 0.2) is 0 Å². The first kappa shape index (κ1) is 18.9. The Balaban J connectivity index is 1.62. The fraction of sp³-hybridized carbons (Fsp3) is 0.208. The lowest BCUT2D eigenvalue weighted by Crippen LogP contribution is -2.26. The Kier molecular flexibility index (Phi) is 5.38. The molecule has 0 spiro atoms. The van der Waals surface area contributed by atoms with Crippen molar-refractivity contribution in [1.82, 2.24) is 4.90 Å². The van der Waals surface area contributed by atoms with Gasteiger partial charge in [-0.05, 0) is 29.0 Å². The first-order chi connectivity index (χ1) is 14.1. The highest BCUT2D eigenvalue weighted by Gasteiger charge is 2.41. The van der Waals surface area contributed by atoms with Crippen LogP contribution in [0.2, 0.25) is 0 Å². The van der Waals surface area contributed by atoms with Crippen molar-refractivity contribution in [3.63, 3.8) is 0 Å². The summed E-state index contributed by atoms with van der Waals surface area (Å²) in [5.74, 6) is -0.0848. The van der Waals surface area contributed by atoms with E-state index in [2.05, 4.69) is 12.1 Å². The van der Waals surface area contributed by atoms with Gasteiger partial charge >= 0.3 is 0 Å². The van der Waals surface area contributed by atoms with E-state index in [0.717, 1.165) is 17.5 Å². The van der Waals surface area contributed by atoms with Crippen LogP contribution in [0.4, 0.5) is 5.69 Å². The third-order valence-electron chi connectivity index (χ3n) is 5.52. The summed E-state index contributed by atoms with van der Waals surface area (Å²) in [5.41, 5.74) is 3.18. The Hall–Kier alpha value is -3.47. The summed E-state index contributed by atoms with van der Waals surface area (Å²) in [5, 5.41) is 11.0. The second-order valence-electron chi connectivity index (χ2n) is 7.48. The number of hydrogen-bond donors (Lipinski definition) is 0. The number of hydrogen-bond acceptors (Lipinski definition) is 3. The number of benzene rings is 3. The van der Waals surface area contributed by atoms with Crippen molar-refractivity contribution in [2.45, 2.75) is 18.9 Å². The number of non-ortho nitro benzene ring substituents is 1. The summed E-state index contributed by atoms with van der Waals surface area (Å²) in [7, 11) is 0. The molecule has 0 unspecified atom stereocenters. The van der Waals surface area contributed by atoms with Gasteiger partial charge in [-0.1, -0.05) is 72.8 Å². The predicted molar refractivity (Wildman–Crippen MR) is 111 cm³/mol. The number of carbonyl (C=O) groups is 1. The second kappa shape index (κ2) is 8.27. The van der Waals surface area contributed by atoms with Gasteiger partial charge in [0.25, 0.3) is 5.69 Å². The smallest absolute Gasteiger partial charge is 0.269 e. The van der Waals surface area contributed by atoms with Gasteiger partial charge in [-0.3, -0.25) is 14.9 Å². The maximum atomic E-state index is 13.3. The third kappa shape index (κ3) is 4.19. The largest absolute Gasteiger partial charge is 0.338 e. The zero-order valence-corrected chi connectivity index (χ0v) is 16.0. The van der Waals surface area contributed by atoms with E-state index >= 15 is 0 Å². The first-order valence-corrected chi connectivity index (χ1v) is 9.73. The number of nitro groups is 1. The van der Waals surface area contributed by atoms with Gasteiger partial charge in [-0.2, -0.15) is 0 Å². The molecule has 1 saturated heterocycles. The van der Waals surface area contributed by atoms with Crippen LogP contribution in [0.25, 0.3) is 0 Å². The fourth-order valence-corrected chi connectivity index (χ4v) is 4.14. The normalized spacial score (nSPS) is 18.8. The predicted octanol–water partition coefficient (Wildman–Crippen LogP) is 4.58. The van der Waals surface area contributed by atoms with Gasteiger partial charge in [0.2, 0.25) is 5.91 Å². The summed E-state index contributed by atoms with van der Waals surface area (Å²) in [6, 6.07) is 26.6. The van der Waals surface area contributed by atoms with Crippen LogP contribution in [0.5, 0.6) is 0 Å². The number of carbonyl (C=O) groups excluding carboxylic acids is 1. The van der Waals surface area contributed by atoms with E-state index in [4.69, 9.17) is 0 Å². The molecule has 0 aliphatic carbocycles. The second-order valence-corrected chi connectivity index (χ2v) is 7.48. The number of amides is 1. The quantitative estimate of drug-likeness (QED) is 0.460. The van der Waals surface area contributed by atoms with Crippen LogP contribution in [-0.4, -0.2) is 22.3 Å². The van der Waals surface area contributed by atoms with E-state index in [0.29, 0.717) is 13.1 Å². The summed E-state index contributed by atoms with van der Waals surface area (Å²) >= 11 is 0. The van der Waals surface area contributed by atoms with Crippen molar-refractivity contribution < 1.29 is 9.72 Å². The van der Waals surface area contributed by atoms with Crippen LogP contribution in [0.1, 0.15) is 22.6 Å². The zero-order valence-electron chi connectivity index (χ0n) is 16.0. The standard InChI is InChI=1S/C24H22N2O3/c27-24-23(20-11-13-22(14-12-20)26(28)29)21(15-18-7-3-1-4-8-18)17-25(24)16-19-9-5-2-6-10-19/h1-14,21,23H,15-17H2/t21-,23+/m0/s1. The summed E-state index contributed by atoms with van der Waals surface area (Å²) < 4.78 is 0. The molecule has 0 aromatic heterocycles. The van der Waals surface area contributed by atoms with Crippen molar-refractivity contribution in [3.8, 4) is 0 Å². The minimum absolute atomic E-state index is 0.0416. The van der Waals surface area contributed by atoms with Crippen LogP contribution >= 0.6 is 0 Å². The molecule has 5 nitrogen and oxygen atoms in total. The molecule has 2 atom stereocenters. The van der Waals surface area contributed by atoms with Crippen LogP contribution < -0.4 is 0 Å². The molecule has 1 aliphatic rings. The summed E-state index contributed by atoms with van der Waals surface area (Å²) in [4.78, 5) is 25.8. The molecule has 0 bridgehead atoms. The minimum Gasteiger partial charge on any atom is -0.338 e. The topological polar surface area (TPSA) is 63.4 Å². The lowest BCUT2D eigenvalue weighted by molar-refractivity contribution is -0.384. The lowest BCUT2D eigenvalue weighted by Gasteiger charge is -2.17. The fourth-order valence-electron chi connectivity index (χ4n) is 4.14. The van der Waals surface area contributed by atoms with E-state index in [1.54, 1.807) is 12.1 Å². The third-order valence-corrected chi connectivity index (χ3v) is 5.52. The SMILES string of the molecule is O=C1[C@H](c2ccc([N+](=O)[O-])cc2)[C@@H](Cc2ccccc2)CN1Cc1ccccc1. The molecule has 1 aliphatic heterocycles. The van der Waals surface area contributed by atoms with Crippen molar-refractivity contribution in [1.29, 1.82) is 0 Å². The van der Waals surface area contributed by atoms with Gasteiger partial charge in [-0.25, -0.2) is 0 Å². The molecule has 1 fully saturated rings. The molecule has 3 aromatic rings. The average molecular weight is 386 g/mol. The molecule has 1 heterocycles. The molecular formula is C24H22N2O3. The molecule has 146 valence electrons. The average Bonchev–Trinajstić information content (AvgIpc) is 3.04. The van der Waals surface area contributed by atoms with E-state index in [-0.39, 0.29) is 23.4 Å². The van der Waals surface area contributed by atoms with E-state index in [1.807, 2.05) is 53.4 Å². The Morgan fingerprint density at radius 2 is 1.45 bits per heavy atom. The van der Waals surface area contributed by atoms with Gasteiger partial charge in [-0.15, -0.1) is 0 Å².